The maximum atomic E-state index is 12.3. The molecule has 7 heteroatoms. The van der Waals surface area contributed by atoms with Crippen LogP contribution in [0.2, 0.25) is 0 Å². The van der Waals surface area contributed by atoms with E-state index in [-0.39, 0.29) is 10.6 Å². The van der Waals surface area contributed by atoms with Crippen molar-refractivity contribution in [2.75, 3.05) is 12.8 Å². The standard InChI is InChI=1S/C14H17N3O3S/c1-10(13-5-3-4-8-16-13)17-21(18,19)11-6-7-14(20-2)12(15)9-11/h3-10,17H,15H2,1-2H3. The van der Waals surface area contributed by atoms with Gasteiger partial charge < -0.3 is 10.5 Å². The molecular weight excluding hydrogens is 290 g/mol. The van der Waals surface area contributed by atoms with Crippen molar-refractivity contribution in [2.24, 2.45) is 0 Å². The highest BCUT2D eigenvalue weighted by atomic mass is 32.2. The molecule has 0 saturated heterocycles. The number of nitrogens with two attached hydrogens (primary N) is 1. The predicted octanol–water partition coefficient (Wildman–Crippen LogP) is 1.71. The summed E-state index contributed by atoms with van der Waals surface area (Å²) in [6, 6.07) is 9.23. The molecule has 0 amide bonds. The van der Waals surface area contributed by atoms with Gasteiger partial charge in [0.05, 0.1) is 29.4 Å². The van der Waals surface area contributed by atoms with Crippen molar-refractivity contribution in [2.45, 2.75) is 17.9 Å². The van der Waals surface area contributed by atoms with Crippen LogP contribution in [0, 0.1) is 0 Å². The third kappa shape index (κ3) is 3.50. The third-order valence-corrected chi connectivity index (χ3v) is 4.51. The first-order chi connectivity index (χ1) is 9.94. The van der Waals surface area contributed by atoms with Crippen LogP contribution >= 0.6 is 0 Å². The zero-order valence-corrected chi connectivity index (χ0v) is 12.6. The number of nitrogens with one attached hydrogen (secondary N) is 1. The van der Waals surface area contributed by atoms with Gasteiger partial charge in [0.25, 0.3) is 0 Å². The van der Waals surface area contributed by atoms with Crippen LogP contribution in [0.4, 0.5) is 5.69 Å². The van der Waals surface area contributed by atoms with Crippen LogP contribution in [-0.2, 0) is 10.0 Å². The van der Waals surface area contributed by atoms with Gasteiger partial charge in [-0.25, -0.2) is 13.1 Å². The van der Waals surface area contributed by atoms with Gasteiger partial charge in [-0.1, -0.05) is 6.07 Å². The second-order valence-electron chi connectivity index (χ2n) is 4.50. The van der Waals surface area contributed by atoms with Crippen LogP contribution in [0.25, 0.3) is 0 Å². The van der Waals surface area contributed by atoms with Crippen molar-refractivity contribution in [1.82, 2.24) is 9.71 Å². The summed E-state index contributed by atoms with van der Waals surface area (Å²) >= 11 is 0. The van der Waals surface area contributed by atoms with E-state index in [0.29, 0.717) is 11.4 Å². The van der Waals surface area contributed by atoms with Gasteiger partial charge in [0, 0.05) is 6.20 Å². The minimum absolute atomic E-state index is 0.0866. The molecule has 2 aromatic rings. The molecule has 1 aromatic heterocycles. The molecule has 1 heterocycles. The number of anilines is 1. The number of nitrogen functional groups attached to an aromatic ring is 1. The Morgan fingerprint density at radius 3 is 2.62 bits per heavy atom. The summed E-state index contributed by atoms with van der Waals surface area (Å²) in [5.74, 6) is 0.437. The van der Waals surface area contributed by atoms with E-state index in [1.54, 1.807) is 31.3 Å². The lowest BCUT2D eigenvalue weighted by atomic mass is 10.2. The molecule has 1 atom stereocenters. The highest BCUT2D eigenvalue weighted by molar-refractivity contribution is 7.89. The SMILES string of the molecule is COc1ccc(S(=O)(=O)NC(C)c2ccccn2)cc1N. The Balaban J connectivity index is 2.24. The first kappa shape index (κ1) is 15.3. The molecule has 1 aromatic carbocycles. The molecule has 112 valence electrons. The molecule has 3 N–H and O–H groups in total. The first-order valence-corrected chi connectivity index (χ1v) is 7.79. The second-order valence-corrected chi connectivity index (χ2v) is 6.22. The number of pyridine rings is 1. The number of nitrogens with zero attached hydrogens (tertiary/aromatic N) is 1. The third-order valence-electron chi connectivity index (χ3n) is 2.97. The highest BCUT2D eigenvalue weighted by Crippen LogP contribution is 2.25. The molecule has 0 aliphatic rings. The lowest BCUT2D eigenvalue weighted by molar-refractivity contribution is 0.416. The Bertz CT molecular complexity index is 717. The van der Waals surface area contributed by atoms with Gasteiger partial charge in [-0.2, -0.15) is 0 Å². The smallest absolute Gasteiger partial charge is 0.241 e. The molecule has 0 saturated carbocycles. The summed E-state index contributed by atoms with van der Waals surface area (Å²) in [6.45, 7) is 1.73. The van der Waals surface area contributed by atoms with Crippen LogP contribution < -0.4 is 15.2 Å². The Morgan fingerprint density at radius 2 is 2.05 bits per heavy atom. The summed E-state index contributed by atoms with van der Waals surface area (Å²) in [4.78, 5) is 4.22. The van der Waals surface area contributed by atoms with Crippen molar-refractivity contribution in [1.29, 1.82) is 0 Å². The monoisotopic (exact) mass is 307 g/mol. The number of hydrogen-bond acceptors (Lipinski definition) is 5. The van der Waals surface area contributed by atoms with E-state index in [1.165, 1.54) is 25.3 Å². The molecule has 0 fully saturated rings. The quantitative estimate of drug-likeness (QED) is 0.820. The summed E-state index contributed by atoms with van der Waals surface area (Å²) in [5.41, 5.74) is 6.65. The van der Waals surface area contributed by atoms with E-state index < -0.39 is 16.1 Å². The van der Waals surface area contributed by atoms with Crippen molar-refractivity contribution in [3.05, 3.63) is 48.3 Å². The molecule has 0 aliphatic heterocycles. The van der Waals surface area contributed by atoms with E-state index in [2.05, 4.69) is 9.71 Å². The van der Waals surface area contributed by atoms with E-state index in [0.717, 1.165) is 0 Å². The topological polar surface area (TPSA) is 94.3 Å². The van der Waals surface area contributed by atoms with Gasteiger partial charge in [0.15, 0.2) is 0 Å². The van der Waals surface area contributed by atoms with Crippen molar-refractivity contribution >= 4 is 15.7 Å². The van der Waals surface area contributed by atoms with Crippen LogP contribution in [-0.4, -0.2) is 20.5 Å². The van der Waals surface area contributed by atoms with Crippen LogP contribution in [0.3, 0.4) is 0 Å². The van der Waals surface area contributed by atoms with E-state index in [1.807, 2.05) is 0 Å². The first-order valence-electron chi connectivity index (χ1n) is 6.31. The Hall–Kier alpha value is -2.12. The van der Waals surface area contributed by atoms with Crippen LogP contribution in [0.1, 0.15) is 18.7 Å². The number of aromatic nitrogens is 1. The molecule has 1 unspecified atom stereocenters. The van der Waals surface area contributed by atoms with Gasteiger partial charge in [-0.15, -0.1) is 0 Å². The number of rotatable bonds is 5. The Kier molecular flexibility index (Phi) is 4.44. The lowest BCUT2D eigenvalue weighted by Crippen LogP contribution is -2.27. The zero-order chi connectivity index (χ0) is 15.5. The number of methoxy groups -OCH3 is 1. The number of hydrogen-bond donors (Lipinski definition) is 2. The average Bonchev–Trinajstić information content (AvgIpc) is 2.47. The molecule has 0 aliphatic carbocycles. The highest BCUT2D eigenvalue weighted by Gasteiger charge is 2.20. The molecular formula is C14H17N3O3S. The second kappa shape index (κ2) is 6.11. The molecule has 0 bridgehead atoms. The Morgan fingerprint density at radius 1 is 1.29 bits per heavy atom. The lowest BCUT2D eigenvalue weighted by Gasteiger charge is -2.14. The number of sulfonamides is 1. The van der Waals surface area contributed by atoms with Crippen molar-refractivity contribution in [3.8, 4) is 5.75 Å². The fourth-order valence-electron chi connectivity index (χ4n) is 1.87. The molecule has 0 spiro atoms. The molecule has 6 nitrogen and oxygen atoms in total. The van der Waals surface area contributed by atoms with Crippen LogP contribution in [0.5, 0.6) is 5.75 Å². The van der Waals surface area contributed by atoms with Crippen molar-refractivity contribution < 1.29 is 13.2 Å². The Labute approximate surface area is 124 Å². The predicted molar refractivity (Wildman–Crippen MR) is 80.4 cm³/mol. The number of ether oxygens (including phenoxy) is 1. The zero-order valence-electron chi connectivity index (χ0n) is 11.8. The largest absolute Gasteiger partial charge is 0.495 e. The maximum absolute atomic E-state index is 12.3. The number of benzene rings is 1. The average molecular weight is 307 g/mol. The minimum atomic E-state index is -3.68. The van der Waals surface area contributed by atoms with Gasteiger partial charge in [0.2, 0.25) is 10.0 Å². The van der Waals surface area contributed by atoms with Gasteiger partial charge >= 0.3 is 0 Å². The maximum Gasteiger partial charge on any atom is 0.241 e. The minimum Gasteiger partial charge on any atom is -0.495 e. The van der Waals surface area contributed by atoms with Gasteiger partial charge in [-0.05, 0) is 37.3 Å². The molecule has 0 radical (unpaired) electrons. The fraction of sp³-hybridized carbons (Fsp3) is 0.214. The molecule has 2 rings (SSSR count). The van der Waals surface area contributed by atoms with E-state index in [4.69, 9.17) is 10.5 Å². The fourth-order valence-corrected chi connectivity index (χ4v) is 3.12. The van der Waals surface area contributed by atoms with E-state index >= 15 is 0 Å². The van der Waals surface area contributed by atoms with Crippen molar-refractivity contribution in [3.63, 3.8) is 0 Å². The summed E-state index contributed by atoms with van der Waals surface area (Å²) in [6.07, 6.45) is 1.62. The van der Waals surface area contributed by atoms with Gasteiger partial charge in [-0.3, -0.25) is 4.98 Å². The normalized spacial score (nSPS) is 12.9. The summed E-state index contributed by atoms with van der Waals surface area (Å²) < 4.78 is 32.2. The van der Waals surface area contributed by atoms with E-state index in [9.17, 15) is 8.42 Å². The molecule has 21 heavy (non-hydrogen) atoms. The van der Waals surface area contributed by atoms with Crippen LogP contribution in [0.15, 0.2) is 47.5 Å². The summed E-state index contributed by atoms with van der Waals surface area (Å²) in [7, 11) is -2.21. The summed E-state index contributed by atoms with van der Waals surface area (Å²) in [5, 5.41) is 0. The van der Waals surface area contributed by atoms with Gasteiger partial charge in [0.1, 0.15) is 5.75 Å².